The van der Waals surface area contributed by atoms with Crippen molar-refractivity contribution in [1.29, 1.82) is 0 Å². The molecule has 0 radical (unpaired) electrons. The zero-order valence-electron chi connectivity index (χ0n) is 16.4. The van der Waals surface area contributed by atoms with Crippen molar-refractivity contribution in [3.8, 4) is 0 Å². The first-order valence-electron chi connectivity index (χ1n) is 9.47. The van der Waals surface area contributed by atoms with Crippen molar-refractivity contribution >= 4 is 37.1 Å². The third-order valence-corrected chi connectivity index (χ3v) is 8.46. The van der Waals surface area contributed by atoms with Gasteiger partial charge in [-0.3, -0.25) is 0 Å². The number of nitrogens with one attached hydrogen (secondary N) is 1. The minimum atomic E-state index is -3.55. The Labute approximate surface area is 170 Å². The van der Waals surface area contributed by atoms with Crippen LogP contribution in [0.15, 0.2) is 51.7 Å². The molecule has 3 heterocycles. The number of sulfone groups is 1. The fourth-order valence-electron chi connectivity index (χ4n) is 3.44. The van der Waals surface area contributed by atoms with E-state index in [9.17, 15) is 8.42 Å². The van der Waals surface area contributed by atoms with E-state index in [-0.39, 0.29) is 5.41 Å². The number of piperazine rings is 1. The maximum Gasteiger partial charge on any atom is 0.215 e. The summed E-state index contributed by atoms with van der Waals surface area (Å²) in [5, 5.41) is 4.25. The van der Waals surface area contributed by atoms with Gasteiger partial charge in [-0.05, 0) is 35.2 Å². The molecule has 28 heavy (non-hydrogen) atoms. The van der Waals surface area contributed by atoms with Gasteiger partial charge in [-0.15, -0.1) is 11.3 Å². The van der Waals surface area contributed by atoms with Crippen LogP contribution < -0.4 is 10.2 Å². The molecule has 0 atom stereocenters. The summed E-state index contributed by atoms with van der Waals surface area (Å²) in [5.41, 5.74) is 1.11. The Morgan fingerprint density at radius 1 is 1.07 bits per heavy atom. The van der Waals surface area contributed by atoms with Gasteiger partial charge >= 0.3 is 0 Å². The molecule has 2 aromatic heterocycles. The maximum atomic E-state index is 13.2. The number of pyridine rings is 1. The van der Waals surface area contributed by atoms with Gasteiger partial charge < -0.3 is 10.2 Å². The van der Waals surface area contributed by atoms with Crippen LogP contribution in [0, 0.1) is 0 Å². The molecule has 1 aromatic carbocycles. The van der Waals surface area contributed by atoms with Crippen molar-refractivity contribution in [3.63, 3.8) is 0 Å². The largest absolute Gasteiger partial charge is 0.354 e. The van der Waals surface area contributed by atoms with Gasteiger partial charge in [0, 0.05) is 42.5 Å². The number of anilines is 1. The van der Waals surface area contributed by atoms with Crippen molar-refractivity contribution in [3.05, 3.63) is 48.2 Å². The molecule has 5 nitrogen and oxygen atoms in total. The SMILES string of the molecule is CC(C)(C)c1ccc(S(=O)(=O)c2cc3c(N4CCNCC4)nccc3s2)cc1. The third kappa shape index (κ3) is 3.54. The molecule has 1 saturated heterocycles. The first kappa shape index (κ1) is 19.4. The Bertz CT molecular complexity index is 1090. The molecule has 3 aromatic rings. The smallest absolute Gasteiger partial charge is 0.215 e. The van der Waals surface area contributed by atoms with Crippen molar-refractivity contribution in [2.24, 2.45) is 0 Å². The van der Waals surface area contributed by atoms with Crippen LogP contribution >= 0.6 is 11.3 Å². The van der Waals surface area contributed by atoms with Crippen LogP contribution in [0.1, 0.15) is 26.3 Å². The zero-order chi connectivity index (χ0) is 19.9. The summed E-state index contributed by atoms with van der Waals surface area (Å²) >= 11 is 1.32. The molecular weight excluding hydrogens is 390 g/mol. The second-order valence-corrected chi connectivity index (χ2v) is 11.4. The normalized spacial score (nSPS) is 15.9. The van der Waals surface area contributed by atoms with E-state index >= 15 is 0 Å². The minimum Gasteiger partial charge on any atom is -0.354 e. The summed E-state index contributed by atoms with van der Waals surface area (Å²) in [6.45, 7) is 9.92. The second-order valence-electron chi connectivity index (χ2n) is 8.13. The molecule has 1 N–H and O–H groups in total. The quantitative estimate of drug-likeness (QED) is 0.704. The highest BCUT2D eigenvalue weighted by atomic mass is 32.2. The van der Waals surface area contributed by atoms with Crippen molar-refractivity contribution < 1.29 is 8.42 Å². The number of nitrogens with zero attached hydrogens (tertiary/aromatic N) is 2. The average molecular weight is 416 g/mol. The molecule has 7 heteroatoms. The lowest BCUT2D eigenvalue weighted by molar-refractivity contribution is 0.586. The van der Waals surface area contributed by atoms with Gasteiger partial charge in [0.2, 0.25) is 9.84 Å². The number of hydrogen-bond acceptors (Lipinski definition) is 6. The van der Waals surface area contributed by atoms with Gasteiger partial charge in [0.25, 0.3) is 0 Å². The van der Waals surface area contributed by atoms with Gasteiger partial charge in [-0.2, -0.15) is 0 Å². The maximum absolute atomic E-state index is 13.2. The lowest BCUT2D eigenvalue weighted by Crippen LogP contribution is -2.43. The standard InChI is InChI=1S/C21H25N3O2S2/c1-21(2,3)15-4-6-16(7-5-15)28(25,26)19-14-17-18(27-19)8-9-23-20(17)24-12-10-22-11-13-24/h4-9,14,22H,10-13H2,1-3H3. The molecular formula is C21H25N3O2S2. The Kier molecular flexibility index (Phi) is 4.93. The number of benzene rings is 1. The Morgan fingerprint density at radius 3 is 2.39 bits per heavy atom. The van der Waals surface area contributed by atoms with Crippen LogP contribution in [0.5, 0.6) is 0 Å². The third-order valence-electron chi connectivity index (χ3n) is 5.11. The molecule has 0 spiro atoms. The summed E-state index contributed by atoms with van der Waals surface area (Å²) in [6.07, 6.45) is 1.77. The Balaban J connectivity index is 1.74. The first-order valence-corrected chi connectivity index (χ1v) is 11.8. The molecule has 0 bridgehead atoms. The molecule has 0 aliphatic carbocycles. The van der Waals surface area contributed by atoms with Crippen LogP contribution in [0.25, 0.3) is 10.1 Å². The van der Waals surface area contributed by atoms with E-state index in [1.54, 1.807) is 24.4 Å². The van der Waals surface area contributed by atoms with Crippen molar-refractivity contribution in [2.45, 2.75) is 35.3 Å². The molecule has 0 saturated carbocycles. The van der Waals surface area contributed by atoms with Crippen LogP contribution in [-0.2, 0) is 15.3 Å². The monoisotopic (exact) mass is 415 g/mol. The highest BCUT2D eigenvalue weighted by Gasteiger charge is 2.24. The van der Waals surface area contributed by atoms with E-state index in [1.807, 2.05) is 18.2 Å². The van der Waals surface area contributed by atoms with Gasteiger partial charge in [0.1, 0.15) is 10.0 Å². The molecule has 148 valence electrons. The van der Waals surface area contributed by atoms with E-state index < -0.39 is 9.84 Å². The lowest BCUT2D eigenvalue weighted by Gasteiger charge is -2.28. The summed E-state index contributed by atoms with van der Waals surface area (Å²) in [5.74, 6) is 0.875. The number of thiophene rings is 1. The van der Waals surface area contributed by atoms with Crippen LogP contribution in [0.4, 0.5) is 5.82 Å². The molecule has 1 aliphatic rings. The van der Waals surface area contributed by atoms with Gasteiger partial charge in [-0.25, -0.2) is 13.4 Å². The van der Waals surface area contributed by atoms with E-state index in [2.05, 4.69) is 36.0 Å². The summed E-state index contributed by atoms with van der Waals surface area (Å²) < 4.78 is 27.8. The highest BCUT2D eigenvalue weighted by molar-refractivity contribution is 7.93. The van der Waals surface area contributed by atoms with Crippen molar-refractivity contribution in [1.82, 2.24) is 10.3 Å². The fourth-order valence-corrected chi connectivity index (χ4v) is 6.22. The second kappa shape index (κ2) is 7.13. The van der Waals surface area contributed by atoms with E-state index in [1.165, 1.54) is 11.3 Å². The lowest BCUT2D eigenvalue weighted by atomic mass is 9.87. The van der Waals surface area contributed by atoms with E-state index in [4.69, 9.17) is 0 Å². The molecule has 1 aliphatic heterocycles. The highest BCUT2D eigenvalue weighted by Crippen LogP contribution is 2.37. The predicted molar refractivity (Wildman–Crippen MR) is 115 cm³/mol. The Morgan fingerprint density at radius 2 is 1.75 bits per heavy atom. The molecule has 0 unspecified atom stereocenters. The number of aromatic nitrogens is 1. The minimum absolute atomic E-state index is 0.0101. The summed E-state index contributed by atoms with van der Waals surface area (Å²) in [7, 11) is -3.55. The molecule has 1 fully saturated rings. The number of fused-ring (bicyclic) bond motifs is 1. The van der Waals surface area contributed by atoms with Crippen LogP contribution in [-0.4, -0.2) is 39.6 Å². The van der Waals surface area contributed by atoms with Gasteiger partial charge in [0.05, 0.1) is 4.90 Å². The zero-order valence-corrected chi connectivity index (χ0v) is 18.0. The van der Waals surface area contributed by atoms with Crippen LogP contribution in [0.2, 0.25) is 0 Å². The average Bonchev–Trinajstić information content (AvgIpc) is 3.13. The topological polar surface area (TPSA) is 62.3 Å². The summed E-state index contributed by atoms with van der Waals surface area (Å²) in [4.78, 5) is 7.11. The molecule has 4 rings (SSSR count). The first-order chi connectivity index (χ1) is 13.3. The van der Waals surface area contributed by atoms with Crippen LogP contribution in [0.3, 0.4) is 0 Å². The van der Waals surface area contributed by atoms with Crippen molar-refractivity contribution in [2.75, 3.05) is 31.1 Å². The van der Waals surface area contributed by atoms with Gasteiger partial charge in [0.15, 0.2) is 0 Å². The number of hydrogen-bond donors (Lipinski definition) is 1. The fraction of sp³-hybridized carbons (Fsp3) is 0.381. The number of rotatable bonds is 3. The molecule has 0 amide bonds. The Hall–Kier alpha value is -1.96. The predicted octanol–water partition coefficient (Wildman–Crippen LogP) is 3.84. The summed E-state index contributed by atoms with van der Waals surface area (Å²) in [6, 6.07) is 10.9. The van der Waals surface area contributed by atoms with Gasteiger partial charge in [-0.1, -0.05) is 32.9 Å². The van der Waals surface area contributed by atoms with E-state index in [0.717, 1.165) is 47.6 Å². The van der Waals surface area contributed by atoms with E-state index in [0.29, 0.717) is 9.10 Å².